The van der Waals surface area contributed by atoms with Crippen LogP contribution >= 0.6 is 22.6 Å². The molecule has 0 aliphatic heterocycles. The maximum absolute atomic E-state index is 5.99. The minimum atomic E-state index is 0.269. The van der Waals surface area contributed by atoms with Crippen LogP contribution < -0.4 is 5.32 Å². The fraction of sp³-hybridized carbons (Fsp3) is 0.647. The zero-order valence-electron chi connectivity index (χ0n) is 13.2. The van der Waals surface area contributed by atoms with Gasteiger partial charge in [0.1, 0.15) is 0 Å². The van der Waals surface area contributed by atoms with Gasteiger partial charge in [0.15, 0.2) is 0 Å². The van der Waals surface area contributed by atoms with E-state index in [4.69, 9.17) is 4.74 Å². The van der Waals surface area contributed by atoms with Crippen molar-refractivity contribution in [3.05, 3.63) is 33.4 Å². The molecule has 2 unspecified atom stereocenters. The van der Waals surface area contributed by atoms with E-state index in [1.165, 1.54) is 9.13 Å². The molecule has 20 heavy (non-hydrogen) atoms. The van der Waals surface area contributed by atoms with Gasteiger partial charge in [0, 0.05) is 16.2 Å². The van der Waals surface area contributed by atoms with Gasteiger partial charge >= 0.3 is 0 Å². The predicted octanol–water partition coefficient (Wildman–Crippen LogP) is 4.26. The normalized spacial score (nSPS) is 14.5. The first-order valence-electron chi connectivity index (χ1n) is 7.67. The Balaban J connectivity index is 2.78. The van der Waals surface area contributed by atoms with Crippen LogP contribution in [0.5, 0.6) is 0 Å². The van der Waals surface area contributed by atoms with Crippen molar-refractivity contribution in [3.8, 4) is 0 Å². The zero-order valence-corrected chi connectivity index (χ0v) is 15.3. The Kier molecular flexibility index (Phi) is 8.73. The molecule has 0 aliphatic carbocycles. The van der Waals surface area contributed by atoms with Crippen molar-refractivity contribution in [2.24, 2.45) is 5.92 Å². The van der Waals surface area contributed by atoms with E-state index in [1.807, 2.05) is 0 Å². The van der Waals surface area contributed by atoms with Gasteiger partial charge in [-0.2, -0.15) is 0 Å². The second-order valence-corrected chi connectivity index (χ2v) is 6.80. The molecule has 0 spiro atoms. The fourth-order valence-electron chi connectivity index (χ4n) is 2.47. The summed E-state index contributed by atoms with van der Waals surface area (Å²) < 4.78 is 7.28. The fourth-order valence-corrected chi connectivity index (χ4v) is 2.83. The molecule has 1 aromatic carbocycles. The van der Waals surface area contributed by atoms with Gasteiger partial charge in [-0.05, 0) is 72.5 Å². The molecule has 0 amide bonds. The Hall–Kier alpha value is -0.130. The van der Waals surface area contributed by atoms with Crippen molar-refractivity contribution < 1.29 is 4.74 Å². The van der Waals surface area contributed by atoms with E-state index in [0.717, 1.165) is 26.0 Å². The standard InChI is InChI=1S/C17H28INO/c1-5-11-19-16(17(13(3)4)20-6-2)12-14-7-9-15(18)10-8-14/h7-10,13,16-17,19H,5-6,11-12H2,1-4H3. The summed E-state index contributed by atoms with van der Waals surface area (Å²) in [4.78, 5) is 0. The summed E-state index contributed by atoms with van der Waals surface area (Å²) in [7, 11) is 0. The minimum Gasteiger partial charge on any atom is -0.377 e. The molecule has 114 valence electrons. The molecule has 1 N–H and O–H groups in total. The van der Waals surface area contributed by atoms with Crippen LogP contribution in [-0.2, 0) is 11.2 Å². The summed E-state index contributed by atoms with van der Waals surface area (Å²) >= 11 is 2.35. The Morgan fingerprint density at radius 3 is 2.30 bits per heavy atom. The van der Waals surface area contributed by atoms with E-state index in [-0.39, 0.29) is 6.10 Å². The molecule has 0 bridgehead atoms. The van der Waals surface area contributed by atoms with Gasteiger partial charge in [-0.1, -0.05) is 32.9 Å². The van der Waals surface area contributed by atoms with Crippen molar-refractivity contribution in [2.75, 3.05) is 13.2 Å². The van der Waals surface area contributed by atoms with E-state index in [0.29, 0.717) is 12.0 Å². The lowest BCUT2D eigenvalue weighted by atomic mass is 9.93. The molecule has 2 nitrogen and oxygen atoms in total. The Labute approximate surface area is 137 Å². The minimum absolute atomic E-state index is 0.269. The highest BCUT2D eigenvalue weighted by atomic mass is 127. The number of benzene rings is 1. The molecule has 2 atom stereocenters. The van der Waals surface area contributed by atoms with E-state index in [1.54, 1.807) is 0 Å². The molecular formula is C17H28INO. The third-order valence-corrected chi connectivity index (χ3v) is 4.16. The maximum Gasteiger partial charge on any atom is 0.0753 e. The zero-order chi connectivity index (χ0) is 15.0. The quantitative estimate of drug-likeness (QED) is 0.638. The second-order valence-electron chi connectivity index (χ2n) is 5.56. The van der Waals surface area contributed by atoms with Crippen LogP contribution in [0.3, 0.4) is 0 Å². The van der Waals surface area contributed by atoms with Gasteiger partial charge in [0.2, 0.25) is 0 Å². The number of nitrogens with one attached hydrogen (secondary N) is 1. The number of ether oxygens (including phenoxy) is 1. The van der Waals surface area contributed by atoms with Gasteiger partial charge in [-0.25, -0.2) is 0 Å². The first-order valence-corrected chi connectivity index (χ1v) is 8.75. The van der Waals surface area contributed by atoms with Crippen LogP contribution in [-0.4, -0.2) is 25.3 Å². The van der Waals surface area contributed by atoms with Gasteiger partial charge in [0.05, 0.1) is 6.10 Å². The highest BCUT2D eigenvalue weighted by Crippen LogP contribution is 2.17. The maximum atomic E-state index is 5.99. The van der Waals surface area contributed by atoms with Gasteiger partial charge in [-0.15, -0.1) is 0 Å². The molecule has 0 fully saturated rings. The molecule has 3 heteroatoms. The number of halogens is 1. The van der Waals surface area contributed by atoms with Gasteiger partial charge < -0.3 is 10.1 Å². The third-order valence-electron chi connectivity index (χ3n) is 3.44. The average Bonchev–Trinajstić information content (AvgIpc) is 2.43. The number of hydrogen-bond donors (Lipinski definition) is 1. The van der Waals surface area contributed by atoms with Crippen LogP contribution in [0.15, 0.2) is 24.3 Å². The van der Waals surface area contributed by atoms with Crippen LogP contribution in [0.1, 0.15) is 39.7 Å². The summed E-state index contributed by atoms with van der Waals surface area (Å²) in [6, 6.07) is 9.20. The molecule has 0 heterocycles. The molecule has 0 aliphatic rings. The first kappa shape index (κ1) is 17.9. The van der Waals surface area contributed by atoms with Crippen molar-refractivity contribution in [3.63, 3.8) is 0 Å². The summed E-state index contributed by atoms with van der Waals surface area (Å²) in [6.45, 7) is 10.6. The van der Waals surface area contributed by atoms with Crippen molar-refractivity contribution in [2.45, 2.75) is 52.7 Å². The Morgan fingerprint density at radius 1 is 1.15 bits per heavy atom. The van der Waals surface area contributed by atoms with E-state index in [2.05, 4.69) is 79.9 Å². The molecule has 0 saturated heterocycles. The van der Waals surface area contributed by atoms with Crippen LogP contribution in [0.2, 0.25) is 0 Å². The highest BCUT2D eigenvalue weighted by molar-refractivity contribution is 14.1. The molecule has 0 radical (unpaired) electrons. The first-order chi connectivity index (χ1) is 9.58. The van der Waals surface area contributed by atoms with E-state index >= 15 is 0 Å². The predicted molar refractivity (Wildman–Crippen MR) is 95.2 cm³/mol. The lowest BCUT2D eigenvalue weighted by Gasteiger charge is -2.31. The van der Waals surface area contributed by atoms with Crippen molar-refractivity contribution in [1.82, 2.24) is 5.32 Å². The lowest BCUT2D eigenvalue weighted by molar-refractivity contribution is 0.00362. The molecule has 1 rings (SSSR count). The van der Waals surface area contributed by atoms with E-state index < -0.39 is 0 Å². The van der Waals surface area contributed by atoms with Crippen LogP contribution in [0, 0.1) is 9.49 Å². The topological polar surface area (TPSA) is 21.3 Å². The smallest absolute Gasteiger partial charge is 0.0753 e. The lowest BCUT2D eigenvalue weighted by Crippen LogP contribution is -2.46. The van der Waals surface area contributed by atoms with Crippen LogP contribution in [0.25, 0.3) is 0 Å². The monoisotopic (exact) mass is 389 g/mol. The molecule has 0 aromatic heterocycles. The van der Waals surface area contributed by atoms with Crippen molar-refractivity contribution >= 4 is 22.6 Å². The third kappa shape index (κ3) is 6.10. The summed E-state index contributed by atoms with van der Waals surface area (Å²) in [5, 5.41) is 3.67. The van der Waals surface area contributed by atoms with Crippen molar-refractivity contribution in [1.29, 1.82) is 0 Å². The molecule has 1 aromatic rings. The summed E-state index contributed by atoms with van der Waals surface area (Å²) in [5.74, 6) is 0.521. The highest BCUT2D eigenvalue weighted by Gasteiger charge is 2.24. The van der Waals surface area contributed by atoms with Gasteiger partial charge in [-0.3, -0.25) is 0 Å². The molecule has 0 saturated carbocycles. The second kappa shape index (κ2) is 9.74. The Morgan fingerprint density at radius 2 is 1.80 bits per heavy atom. The Bertz CT molecular complexity index is 364. The SMILES string of the molecule is CCCNC(Cc1ccc(I)cc1)C(OCC)C(C)C. The van der Waals surface area contributed by atoms with Crippen LogP contribution in [0.4, 0.5) is 0 Å². The average molecular weight is 389 g/mol. The van der Waals surface area contributed by atoms with E-state index in [9.17, 15) is 0 Å². The summed E-state index contributed by atoms with van der Waals surface area (Å²) in [6.07, 6.45) is 2.45. The molecular weight excluding hydrogens is 361 g/mol. The number of hydrogen-bond acceptors (Lipinski definition) is 2. The number of rotatable bonds is 9. The van der Waals surface area contributed by atoms with Gasteiger partial charge in [0.25, 0.3) is 0 Å². The summed E-state index contributed by atoms with van der Waals surface area (Å²) in [5.41, 5.74) is 1.38. The largest absolute Gasteiger partial charge is 0.377 e.